The highest BCUT2D eigenvalue weighted by molar-refractivity contribution is 5.94. The molecule has 3 amide bonds. The van der Waals surface area contributed by atoms with Crippen LogP contribution in [0, 0.1) is 11.7 Å². The fraction of sp³-hybridized carbons (Fsp3) is 0.333. The third-order valence-electron chi connectivity index (χ3n) is 4.61. The molecule has 3 N–H and O–H groups in total. The summed E-state index contributed by atoms with van der Waals surface area (Å²) >= 11 is 0. The highest BCUT2D eigenvalue weighted by Crippen LogP contribution is 2.30. The van der Waals surface area contributed by atoms with E-state index in [1.54, 1.807) is 18.2 Å². The fourth-order valence-electron chi connectivity index (χ4n) is 2.79. The minimum Gasteiger partial charge on any atom is -0.338 e. The molecule has 0 bridgehead atoms. The Kier molecular flexibility index (Phi) is 6.06. The largest absolute Gasteiger partial charge is 0.338 e. The summed E-state index contributed by atoms with van der Waals surface area (Å²) in [5.41, 5.74) is 2.27. The van der Waals surface area contributed by atoms with Gasteiger partial charge in [-0.05, 0) is 55.5 Å². The molecular formula is C21H24FN3O2. The Hall–Kier alpha value is -2.89. The number of carbonyl (C=O) groups excluding carboxylic acids is 2. The average molecular weight is 369 g/mol. The number of hydrogen-bond donors (Lipinski definition) is 3. The fourth-order valence-corrected chi connectivity index (χ4v) is 2.79. The molecule has 0 radical (unpaired) electrons. The topological polar surface area (TPSA) is 70.2 Å². The second-order valence-electron chi connectivity index (χ2n) is 6.85. The van der Waals surface area contributed by atoms with Crippen molar-refractivity contribution in [3.8, 4) is 0 Å². The Bertz CT molecular complexity index is 803. The van der Waals surface area contributed by atoms with Gasteiger partial charge in [0.05, 0.1) is 6.04 Å². The molecule has 6 heteroatoms. The average Bonchev–Trinajstić information content (AvgIpc) is 3.49. The van der Waals surface area contributed by atoms with E-state index in [2.05, 4.69) is 16.0 Å². The van der Waals surface area contributed by atoms with Crippen LogP contribution < -0.4 is 16.0 Å². The van der Waals surface area contributed by atoms with E-state index >= 15 is 0 Å². The molecule has 0 aromatic heterocycles. The van der Waals surface area contributed by atoms with Gasteiger partial charge in [-0.15, -0.1) is 0 Å². The lowest BCUT2D eigenvalue weighted by atomic mass is 10.1. The zero-order valence-electron chi connectivity index (χ0n) is 15.3. The molecule has 1 saturated carbocycles. The van der Waals surface area contributed by atoms with E-state index in [0.29, 0.717) is 18.5 Å². The number of carbonyl (C=O) groups is 2. The second-order valence-corrected chi connectivity index (χ2v) is 6.85. The summed E-state index contributed by atoms with van der Waals surface area (Å²) in [7, 11) is 0. The minimum absolute atomic E-state index is 0.0724. The molecule has 2 aromatic carbocycles. The first-order valence-corrected chi connectivity index (χ1v) is 9.21. The van der Waals surface area contributed by atoms with Crippen LogP contribution in [0.15, 0.2) is 48.5 Å². The van der Waals surface area contributed by atoms with Gasteiger partial charge in [-0.25, -0.2) is 9.18 Å². The van der Waals surface area contributed by atoms with Crippen molar-refractivity contribution >= 4 is 17.6 Å². The summed E-state index contributed by atoms with van der Waals surface area (Å²) in [5.74, 6) is -0.0246. The Morgan fingerprint density at radius 3 is 2.48 bits per heavy atom. The molecule has 1 atom stereocenters. The molecular weight excluding hydrogens is 345 g/mol. The van der Waals surface area contributed by atoms with Gasteiger partial charge >= 0.3 is 6.03 Å². The van der Waals surface area contributed by atoms with E-state index in [-0.39, 0.29) is 29.7 Å². The smallest absolute Gasteiger partial charge is 0.315 e. The van der Waals surface area contributed by atoms with E-state index in [1.807, 2.05) is 31.2 Å². The van der Waals surface area contributed by atoms with Gasteiger partial charge in [0, 0.05) is 18.2 Å². The maximum absolute atomic E-state index is 13.6. The van der Waals surface area contributed by atoms with E-state index in [9.17, 15) is 14.0 Å². The maximum atomic E-state index is 13.6. The first-order valence-electron chi connectivity index (χ1n) is 9.21. The van der Waals surface area contributed by atoms with Gasteiger partial charge < -0.3 is 16.0 Å². The number of urea groups is 1. The van der Waals surface area contributed by atoms with Crippen LogP contribution in [-0.4, -0.2) is 18.5 Å². The molecule has 0 aliphatic heterocycles. The molecule has 142 valence electrons. The molecule has 5 nitrogen and oxygen atoms in total. The van der Waals surface area contributed by atoms with Crippen LogP contribution in [-0.2, 0) is 11.2 Å². The maximum Gasteiger partial charge on any atom is 0.315 e. The van der Waals surface area contributed by atoms with Crippen molar-refractivity contribution in [2.45, 2.75) is 32.2 Å². The predicted molar refractivity (Wildman–Crippen MR) is 103 cm³/mol. The van der Waals surface area contributed by atoms with Crippen LogP contribution in [0.1, 0.15) is 36.9 Å². The summed E-state index contributed by atoms with van der Waals surface area (Å²) in [5, 5.41) is 8.49. The van der Waals surface area contributed by atoms with Gasteiger partial charge in [0.1, 0.15) is 5.82 Å². The molecule has 1 fully saturated rings. The highest BCUT2D eigenvalue weighted by Gasteiger charge is 2.29. The Balaban J connectivity index is 1.43. The van der Waals surface area contributed by atoms with E-state index in [4.69, 9.17) is 0 Å². The molecule has 27 heavy (non-hydrogen) atoms. The third-order valence-corrected chi connectivity index (χ3v) is 4.61. The monoisotopic (exact) mass is 369 g/mol. The molecule has 0 spiro atoms. The van der Waals surface area contributed by atoms with Crippen LogP contribution in [0.25, 0.3) is 0 Å². The van der Waals surface area contributed by atoms with Crippen LogP contribution in [0.4, 0.5) is 14.9 Å². The van der Waals surface area contributed by atoms with Gasteiger partial charge in [-0.1, -0.05) is 30.3 Å². The lowest BCUT2D eigenvalue weighted by Crippen LogP contribution is -2.38. The van der Waals surface area contributed by atoms with Crippen molar-refractivity contribution in [2.75, 3.05) is 11.9 Å². The van der Waals surface area contributed by atoms with Gasteiger partial charge in [-0.2, -0.15) is 0 Å². The Morgan fingerprint density at radius 1 is 1.11 bits per heavy atom. The number of rotatable bonds is 7. The number of anilines is 1. The first-order chi connectivity index (χ1) is 13.0. The van der Waals surface area contributed by atoms with Crippen LogP contribution in [0.2, 0.25) is 0 Å². The Morgan fingerprint density at radius 2 is 1.81 bits per heavy atom. The number of halogens is 1. The van der Waals surface area contributed by atoms with Crippen molar-refractivity contribution in [1.29, 1.82) is 0 Å². The lowest BCUT2D eigenvalue weighted by molar-refractivity contribution is -0.117. The number of amides is 3. The summed E-state index contributed by atoms with van der Waals surface area (Å²) in [6, 6.07) is 13.5. The molecule has 0 saturated heterocycles. The third kappa shape index (κ3) is 5.54. The van der Waals surface area contributed by atoms with Crippen molar-refractivity contribution < 1.29 is 14.0 Å². The number of benzene rings is 2. The van der Waals surface area contributed by atoms with Gasteiger partial charge in [-0.3, -0.25) is 4.79 Å². The summed E-state index contributed by atoms with van der Waals surface area (Å²) in [6.07, 6.45) is 2.37. The molecule has 0 heterocycles. The van der Waals surface area contributed by atoms with Gasteiger partial charge in [0.15, 0.2) is 0 Å². The predicted octanol–water partition coefficient (Wildman–Crippen LogP) is 3.78. The van der Waals surface area contributed by atoms with E-state index in [1.165, 1.54) is 6.07 Å². The van der Waals surface area contributed by atoms with E-state index in [0.717, 1.165) is 24.1 Å². The Labute approximate surface area is 158 Å². The zero-order valence-corrected chi connectivity index (χ0v) is 15.3. The van der Waals surface area contributed by atoms with Crippen molar-refractivity contribution in [3.05, 3.63) is 65.5 Å². The van der Waals surface area contributed by atoms with E-state index < -0.39 is 0 Å². The minimum atomic E-state index is -0.301. The van der Waals surface area contributed by atoms with Gasteiger partial charge in [0.25, 0.3) is 0 Å². The van der Waals surface area contributed by atoms with Crippen molar-refractivity contribution in [3.63, 3.8) is 0 Å². The first kappa shape index (κ1) is 18.9. The lowest BCUT2D eigenvalue weighted by Gasteiger charge is -2.16. The molecule has 1 unspecified atom stereocenters. The SMILES string of the molecule is CC(NC(=O)NCCc1ccccc1F)c1ccc(NC(=O)C2CC2)cc1. The quantitative estimate of drug-likeness (QED) is 0.695. The molecule has 3 rings (SSSR count). The number of hydrogen-bond acceptors (Lipinski definition) is 2. The summed E-state index contributed by atoms with van der Waals surface area (Å²) in [6.45, 7) is 2.24. The zero-order chi connectivity index (χ0) is 19.2. The van der Waals surface area contributed by atoms with Crippen molar-refractivity contribution in [2.24, 2.45) is 5.92 Å². The van der Waals surface area contributed by atoms with Gasteiger partial charge in [0.2, 0.25) is 5.91 Å². The van der Waals surface area contributed by atoms with Crippen molar-refractivity contribution in [1.82, 2.24) is 10.6 Å². The normalized spacial score (nSPS) is 14.3. The number of nitrogens with one attached hydrogen (secondary N) is 3. The molecule has 1 aliphatic rings. The summed E-state index contributed by atoms with van der Waals surface area (Å²) < 4.78 is 13.6. The molecule has 1 aliphatic carbocycles. The highest BCUT2D eigenvalue weighted by atomic mass is 19.1. The van der Waals surface area contributed by atoms with Crippen LogP contribution in [0.5, 0.6) is 0 Å². The second kappa shape index (κ2) is 8.66. The summed E-state index contributed by atoms with van der Waals surface area (Å²) in [4.78, 5) is 23.8. The van der Waals surface area contributed by atoms with Crippen LogP contribution >= 0.6 is 0 Å². The molecule has 2 aromatic rings. The standard InChI is InChI=1S/C21H24FN3O2/c1-14(15-8-10-18(11-9-15)25-20(26)17-6-7-17)24-21(27)23-13-12-16-4-2-3-5-19(16)22/h2-5,8-11,14,17H,6-7,12-13H2,1H3,(H,25,26)(H2,23,24,27). The van der Waals surface area contributed by atoms with Crippen LogP contribution in [0.3, 0.4) is 0 Å².